The number of nitrogens with one attached hydrogen (secondary N) is 1. The highest BCUT2D eigenvalue weighted by Crippen LogP contribution is 2.38. The molecular weight excluding hydrogens is 386 g/mol. The van der Waals surface area contributed by atoms with Crippen molar-refractivity contribution in [2.24, 2.45) is 17.8 Å². The number of fused-ring (bicyclic) bond motifs is 1. The molecule has 4 rings (SSSR count). The van der Waals surface area contributed by atoms with E-state index in [1.54, 1.807) is 4.90 Å². The normalized spacial score (nSPS) is 34.0. The van der Waals surface area contributed by atoms with Gasteiger partial charge in [-0.1, -0.05) is 39.0 Å². The minimum atomic E-state index is -0.893. The SMILES string of the molecule is C[C@H]1CCCC[C@]12NC(=O)N(CC(=O)OCC(=O)N1CC[C@@H]3CCCC[C@@H]3C1)C2=O. The number of hydrogen-bond donors (Lipinski definition) is 1. The number of imide groups is 1. The molecule has 0 radical (unpaired) electrons. The predicted molar refractivity (Wildman–Crippen MR) is 108 cm³/mol. The van der Waals surface area contributed by atoms with Crippen molar-refractivity contribution in [2.75, 3.05) is 26.2 Å². The molecule has 1 N–H and O–H groups in total. The zero-order valence-corrected chi connectivity index (χ0v) is 17.9. The fourth-order valence-corrected chi connectivity index (χ4v) is 5.87. The predicted octanol–water partition coefficient (Wildman–Crippen LogP) is 2.07. The van der Waals surface area contributed by atoms with Gasteiger partial charge in [0.05, 0.1) is 0 Å². The lowest BCUT2D eigenvalue weighted by molar-refractivity contribution is -0.155. The molecule has 4 fully saturated rings. The summed E-state index contributed by atoms with van der Waals surface area (Å²) in [4.78, 5) is 52.8. The highest BCUT2D eigenvalue weighted by Gasteiger charge is 2.55. The summed E-state index contributed by atoms with van der Waals surface area (Å²) in [5, 5.41) is 2.82. The fraction of sp³-hybridized carbons (Fsp3) is 0.818. The molecule has 0 aromatic rings. The summed E-state index contributed by atoms with van der Waals surface area (Å²) in [5.41, 5.74) is -0.893. The van der Waals surface area contributed by atoms with Gasteiger partial charge in [-0.3, -0.25) is 19.3 Å². The molecular formula is C22H33N3O5. The van der Waals surface area contributed by atoms with Gasteiger partial charge in [-0.25, -0.2) is 4.79 Å². The number of nitrogens with zero attached hydrogens (tertiary/aromatic N) is 2. The van der Waals surface area contributed by atoms with E-state index in [0.29, 0.717) is 18.9 Å². The van der Waals surface area contributed by atoms with Crippen LogP contribution in [0.1, 0.15) is 64.7 Å². The molecule has 8 heteroatoms. The number of ether oxygens (including phenoxy) is 1. The van der Waals surface area contributed by atoms with Gasteiger partial charge in [0.1, 0.15) is 12.1 Å². The van der Waals surface area contributed by atoms with Crippen LogP contribution in [0.2, 0.25) is 0 Å². The molecule has 30 heavy (non-hydrogen) atoms. The van der Waals surface area contributed by atoms with E-state index in [4.69, 9.17) is 4.74 Å². The average Bonchev–Trinajstić information content (AvgIpc) is 2.98. The largest absolute Gasteiger partial charge is 0.454 e. The van der Waals surface area contributed by atoms with Crippen LogP contribution in [0.3, 0.4) is 0 Å². The molecule has 166 valence electrons. The van der Waals surface area contributed by atoms with E-state index in [1.807, 2.05) is 6.92 Å². The molecule has 2 aliphatic carbocycles. The first-order chi connectivity index (χ1) is 14.4. The number of hydrogen-bond acceptors (Lipinski definition) is 5. The zero-order valence-electron chi connectivity index (χ0n) is 17.9. The van der Waals surface area contributed by atoms with E-state index in [2.05, 4.69) is 5.32 Å². The van der Waals surface area contributed by atoms with Gasteiger partial charge < -0.3 is 15.0 Å². The number of likely N-dealkylation sites (tertiary alicyclic amines) is 1. The minimum absolute atomic E-state index is 0.0352. The Bertz CT molecular complexity index is 726. The third kappa shape index (κ3) is 3.93. The number of carbonyl (C=O) groups excluding carboxylic acids is 4. The van der Waals surface area contributed by atoms with Crippen molar-refractivity contribution in [1.29, 1.82) is 0 Å². The van der Waals surface area contributed by atoms with Crippen molar-refractivity contribution < 1.29 is 23.9 Å². The third-order valence-electron chi connectivity index (χ3n) is 7.79. The molecule has 2 saturated carbocycles. The van der Waals surface area contributed by atoms with Crippen molar-refractivity contribution >= 4 is 23.8 Å². The molecule has 4 aliphatic rings. The van der Waals surface area contributed by atoms with Gasteiger partial charge in [-0.05, 0) is 43.4 Å². The lowest BCUT2D eigenvalue weighted by Crippen LogP contribution is -2.54. The second-order valence-corrected chi connectivity index (χ2v) is 9.53. The van der Waals surface area contributed by atoms with Crippen LogP contribution in [0.15, 0.2) is 0 Å². The first-order valence-electron chi connectivity index (χ1n) is 11.5. The fourth-order valence-electron chi connectivity index (χ4n) is 5.87. The second kappa shape index (κ2) is 8.55. The number of carbonyl (C=O) groups is 4. The Morgan fingerprint density at radius 2 is 1.80 bits per heavy atom. The molecule has 2 aliphatic heterocycles. The highest BCUT2D eigenvalue weighted by molar-refractivity contribution is 6.09. The number of rotatable bonds is 4. The molecule has 0 aromatic carbocycles. The van der Waals surface area contributed by atoms with Gasteiger partial charge >= 0.3 is 12.0 Å². The highest BCUT2D eigenvalue weighted by atomic mass is 16.5. The number of urea groups is 1. The summed E-state index contributed by atoms with van der Waals surface area (Å²) < 4.78 is 5.15. The standard InChI is InChI=1S/C22H33N3O5/c1-15-6-4-5-10-22(15)20(28)25(21(29)23-22)13-19(27)30-14-18(26)24-11-9-16-7-2-3-8-17(16)12-24/h15-17H,2-14H2,1H3,(H,23,29)/t15-,16-,17+,22-/m0/s1. The Hall–Kier alpha value is -2.12. The second-order valence-electron chi connectivity index (χ2n) is 9.53. The number of amides is 4. The third-order valence-corrected chi connectivity index (χ3v) is 7.79. The van der Waals surface area contributed by atoms with Crippen LogP contribution >= 0.6 is 0 Å². The van der Waals surface area contributed by atoms with E-state index >= 15 is 0 Å². The topological polar surface area (TPSA) is 96.0 Å². The molecule has 0 aromatic heterocycles. The van der Waals surface area contributed by atoms with Crippen LogP contribution < -0.4 is 5.32 Å². The Morgan fingerprint density at radius 3 is 2.57 bits per heavy atom. The lowest BCUT2D eigenvalue weighted by Gasteiger charge is -2.41. The first kappa shape index (κ1) is 21.1. The number of piperidine rings is 1. The summed E-state index contributed by atoms with van der Waals surface area (Å²) in [6.07, 6.45) is 9.34. The van der Waals surface area contributed by atoms with Crippen molar-refractivity contribution in [3.8, 4) is 0 Å². The molecule has 8 nitrogen and oxygen atoms in total. The Balaban J connectivity index is 1.27. The monoisotopic (exact) mass is 419 g/mol. The van der Waals surface area contributed by atoms with Gasteiger partial charge in [0.15, 0.2) is 6.61 Å². The van der Waals surface area contributed by atoms with Crippen molar-refractivity contribution in [3.05, 3.63) is 0 Å². The van der Waals surface area contributed by atoms with Crippen LogP contribution in [0.4, 0.5) is 4.79 Å². The maximum Gasteiger partial charge on any atom is 0.326 e. The molecule has 4 amide bonds. The van der Waals surface area contributed by atoms with Crippen LogP contribution in [-0.2, 0) is 19.1 Å². The molecule has 2 saturated heterocycles. The van der Waals surface area contributed by atoms with Gasteiger partial charge in [0, 0.05) is 13.1 Å². The van der Waals surface area contributed by atoms with E-state index in [0.717, 1.165) is 43.0 Å². The maximum absolute atomic E-state index is 12.9. The molecule has 0 unspecified atom stereocenters. The Labute approximate surface area is 177 Å². The summed E-state index contributed by atoms with van der Waals surface area (Å²) in [6, 6.07) is -0.545. The minimum Gasteiger partial charge on any atom is -0.454 e. The van der Waals surface area contributed by atoms with Gasteiger partial charge in [-0.15, -0.1) is 0 Å². The summed E-state index contributed by atoms with van der Waals surface area (Å²) in [7, 11) is 0. The smallest absolute Gasteiger partial charge is 0.326 e. The molecule has 4 atom stereocenters. The van der Waals surface area contributed by atoms with Gasteiger partial charge in [0.2, 0.25) is 0 Å². The van der Waals surface area contributed by atoms with Crippen molar-refractivity contribution in [2.45, 2.75) is 70.3 Å². The quantitative estimate of drug-likeness (QED) is 0.556. The van der Waals surface area contributed by atoms with Gasteiger partial charge in [-0.2, -0.15) is 0 Å². The molecule has 0 bridgehead atoms. The van der Waals surface area contributed by atoms with E-state index in [-0.39, 0.29) is 24.3 Å². The summed E-state index contributed by atoms with van der Waals surface area (Å²) >= 11 is 0. The van der Waals surface area contributed by atoms with Crippen LogP contribution in [0.25, 0.3) is 0 Å². The maximum atomic E-state index is 12.9. The van der Waals surface area contributed by atoms with Crippen molar-refractivity contribution in [3.63, 3.8) is 0 Å². The van der Waals surface area contributed by atoms with Crippen LogP contribution in [-0.4, -0.2) is 65.4 Å². The Morgan fingerprint density at radius 1 is 1.07 bits per heavy atom. The van der Waals surface area contributed by atoms with Crippen LogP contribution in [0.5, 0.6) is 0 Å². The van der Waals surface area contributed by atoms with Crippen molar-refractivity contribution in [1.82, 2.24) is 15.1 Å². The lowest BCUT2D eigenvalue weighted by atomic mass is 9.73. The average molecular weight is 420 g/mol. The van der Waals surface area contributed by atoms with E-state index < -0.39 is 24.1 Å². The van der Waals surface area contributed by atoms with Gasteiger partial charge in [0.25, 0.3) is 11.8 Å². The van der Waals surface area contributed by atoms with E-state index in [1.165, 1.54) is 25.7 Å². The zero-order chi connectivity index (χ0) is 21.3. The Kier molecular flexibility index (Phi) is 6.02. The number of esters is 1. The molecule has 2 heterocycles. The van der Waals surface area contributed by atoms with Crippen LogP contribution in [0, 0.1) is 17.8 Å². The summed E-state index contributed by atoms with van der Waals surface area (Å²) in [6.45, 7) is 2.64. The summed E-state index contributed by atoms with van der Waals surface area (Å²) in [5.74, 6) is 0.0588. The van der Waals surface area contributed by atoms with E-state index in [9.17, 15) is 19.2 Å². The molecule has 1 spiro atoms. The first-order valence-corrected chi connectivity index (χ1v) is 11.5.